The number of sulfonamides is 1. The van der Waals surface area contributed by atoms with E-state index in [1.807, 2.05) is 4.72 Å². The quantitative estimate of drug-likeness (QED) is 0.922. The van der Waals surface area contributed by atoms with Crippen molar-refractivity contribution in [2.75, 3.05) is 10.5 Å². The molecule has 8 heteroatoms. The predicted octanol–water partition coefficient (Wildman–Crippen LogP) is 2.34. The normalized spacial score (nSPS) is 11.9. The summed E-state index contributed by atoms with van der Waals surface area (Å²) in [7, 11) is -3.65. The Hall–Kier alpha value is -1.75. The first-order valence-electron chi connectivity index (χ1n) is 4.81. The molecule has 0 spiro atoms. The molecule has 0 saturated carbocycles. The van der Waals surface area contributed by atoms with Crippen LogP contribution in [-0.4, -0.2) is 14.2 Å². The SMILES string of the molecule is CCS(=O)(=O)Nc1ccc(C#N)c(C(F)(F)F)c1. The van der Waals surface area contributed by atoms with Crippen LogP contribution in [-0.2, 0) is 16.2 Å². The van der Waals surface area contributed by atoms with Gasteiger partial charge in [-0.25, -0.2) is 8.42 Å². The zero-order chi connectivity index (χ0) is 14.0. The maximum Gasteiger partial charge on any atom is 0.417 e. The second kappa shape index (κ2) is 4.86. The van der Waals surface area contributed by atoms with E-state index in [0.717, 1.165) is 12.1 Å². The van der Waals surface area contributed by atoms with Gasteiger partial charge in [0.05, 0.1) is 22.9 Å². The first-order chi connectivity index (χ1) is 8.19. The topological polar surface area (TPSA) is 70.0 Å². The maximum atomic E-state index is 12.6. The van der Waals surface area contributed by atoms with Gasteiger partial charge >= 0.3 is 6.18 Å². The van der Waals surface area contributed by atoms with Crippen molar-refractivity contribution in [2.45, 2.75) is 13.1 Å². The van der Waals surface area contributed by atoms with Gasteiger partial charge in [0.25, 0.3) is 0 Å². The molecule has 0 aromatic heterocycles. The summed E-state index contributed by atoms with van der Waals surface area (Å²) in [5.41, 5.74) is -1.94. The fourth-order valence-electron chi connectivity index (χ4n) is 1.19. The number of hydrogen-bond donors (Lipinski definition) is 1. The average Bonchev–Trinajstić information content (AvgIpc) is 2.27. The number of nitrogens with one attached hydrogen (secondary N) is 1. The van der Waals surface area contributed by atoms with Crippen molar-refractivity contribution in [3.63, 3.8) is 0 Å². The summed E-state index contributed by atoms with van der Waals surface area (Å²) < 4.78 is 62.3. The number of nitriles is 1. The molecular formula is C10H9F3N2O2S. The van der Waals surface area contributed by atoms with Gasteiger partial charge in [0.15, 0.2) is 0 Å². The lowest BCUT2D eigenvalue weighted by Crippen LogP contribution is -2.16. The smallest absolute Gasteiger partial charge is 0.284 e. The van der Waals surface area contributed by atoms with Gasteiger partial charge in [-0.3, -0.25) is 4.72 Å². The third-order valence-corrected chi connectivity index (χ3v) is 3.41. The third-order valence-electron chi connectivity index (χ3n) is 2.10. The fourth-order valence-corrected chi connectivity index (χ4v) is 1.82. The molecule has 0 amide bonds. The first kappa shape index (κ1) is 14.3. The number of halogens is 3. The zero-order valence-corrected chi connectivity index (χ0v) is 10.1. The molecule has 0 aliphatic heterocycles. The van der Waals surface area contributed by atoms with Crippen LogP contribution in [0.3, 0.4) is 0 Å². The zero-order valence-electron chi connectivity index (χ0n) is 9.25. The molecule has 0 heterocycles. The second-order valence-electron chi connectivity index (χ2n) is 3.38. The highest BCUT2D eigenvalue weighted by Crippen LogP contribution is 2.33. The van der Waals surface area contributed by atoms with Gasteiger partial charge in [0.1, 0.15) is 0 Å². The molecule has 4 nitrogen and oxygen atoms in total. The molecule has 0 bridgehead atoms. The van der Waals surface area contributed by atoms with Crippen LogP contribution >= 0.6 is 0 Å². The van der Waals surface area contributed by atoms with Gasteiger partial charge in [-0.15, -0.1) is 0 Å². The van der Waals surface area contributed by atoms with E-state index in [0.29, 0.717) is 6.07 Å². The van der Waals surface area contributed by atoms with E-state index in [-0.39, 0.29) is 11.4 Å². The third kappa shape index (κ3) is 3.37. The van der Waals surface area contributed by atoms with E-state index in [1.165, 1.54) is 13.0 Å². The van der Waals surface area contributed by atoms with Gasteiger partial charge in [-0.1, -0.05) is 0 Å². The lowest BCUT2D eigenvalue weighted by Gasteiger charge is -2.11. The summed E-state index contributed by atoms with van der Waals surface area (Å²) in [6.45, 7) is 1.36. The largest absolute Gasteiger partial charge is 0.417 e. The van der Waals surface area contributed by atoms with Crippen molar-refractivity contribution < 1.29 is 21.6 Å². The summed E-state index contributed by atoms with van der Waals surface area (Å²) >= 11 is 0. The molecule has 1 N–H and O–H groups in total. The minimum absolute atomic E-state index is 0.219. The minimum Gasteiger partial charge on any atom is -0.284 e. The number of benzene rings is 1. The van der Waals surface area contributed by atoms with Crippen molar-refractivity contribution in [1.29, 1.82) is 5.26 Å². The Morgan fingerprint density at radius 2 is 2.00 bits per heavy atom. The van der Waals surface area contributed by atoms with Crippen molar-refractivity contribution in [3.05, 3.63) is 29.3 Å². The van der Waals surface area contributed by atoms with E-state index >= 15 is 0 Å². The molecule has 0 atom stereocenters. The van der Waals surface area contributed by atoms with Gasteiger partial charge in [0.2, 0.25) is 10.0 Å². The average molecular weight is 278 g/mol. The maximum absolute atomic E-state index is 12.6. The Bertz CT molecular complexity index is 588. The Labute approximate surface area is 102 Å². The number of anilines is 1. The van der Waals surface area contributed by atoms with Crippen LogP contribution in [0.25, 0.3) is 0 Å². The minimum atomic E-state index is -4.71. The number of hydrogen-bond acceptors (Lipinski definition) is 3. The van der Waals surface area contributed by atoms with Gasteiger partial charge < -0.3 is 0 Å². The van der Waals surface area contributed by atoms with Crippen LogP contribution < -0.4 is 4.72 Å². The summed E-state index contributed by atoms with van der Waals surface area (Å²) in [5.74, 6) is -0.256. The van der Waals surface area contributed by atoms with Gasteiger partial charge in [-0.2, -0.15) is 18.4 Å². The molecule has 1 aromatic rings. The van der Waals surface area contributed by atoms with E-state index < -0.39 is 27.3 Å². The highest BCUT2D eigenvalue weighted by molar-refractivity contribution is 7.92. The molecule has 0 aliphatic rings. The summed E-state index contributed by atoms with van der Waals surface area (Å²) in [6.07, 6.45) is -4.71. The van der Waals surface area contributed by atoms with Crippen LogP contribution in [0.15, 0.2) is 18.2 Å². The monoisotopic (exact) mass is 278 g/mol. The molecule has 0 radical (unpaired) electrons. The highest BCUT2D eigenvalue weighted by atomic mass is 32.2. The lowest BCUT2D eigenvalue weighted by molar-refractivity contribution is -0.137. The van der Waals surface area contributed by atoms with E-state index in [9.17, 15) is 21.6 Å². The Balaban J connectivity index is 3.25. The Morgan fingerprint density at radius 1 is 1.39 bits per heavy atom. The molecule has 0 aliphatic carbocycles. The van der Waals surface area contributed by atoms with Crippen LogP contribution in [0.2, 0.25) is 0 Å². The van der Waals surface area contributed by atoms with Gasteiger partial charge in [-0.05, 0) is 25.1 Å². The van der Waals surface area contributed by atoms with E-state index in [1.54, 1.807) is 0 Å². The Morgan fingerprint density at radius 3 is 2.44 bits per heavy atom. The standard InChI is InChI=1S/C10H9F3N2O2S/c1-2-18(16,17)15-8-4-3-7(6-14)9(5-8)10(11,12)13/h3-5,15H,2H2,1H3. The van der Waals surface area contributed by atoms with Gasteiger partial charge in [0, 0.05) is 5.69 Å². The van der Waals surface area contributed by atoms with E-state index in [4.69, 9.17) is 5.26 Å². The molecule has 0 saturated heterocycles. The molecule has 0 unspecified atom stereocenters. The fraction of sp³-hybridized carbons (Fsp3) is 0.300. The van der Waals surface area contributed by atoms with Crippen LogP contribution in [0, 0.1) is 11.3 Å². The molecule has 0 fully saturated rings. The number of rotatable bonds is 3. The van der Waals surface area contributed by atoms with Crippen LogP contribution in [0.4, 0.5) is 18.9 Å². The summed E-state index contributed by atoms with van der Waals surface area (Å²) in [4.78, 5) is 0. The lowest BCUT2D eigenvalue weighted by atomic mass is 10.1. The Kier molecular flexibility index (Phi) is 3.86. The summed E-state index contributed by atoms with van der Waals surface area (Å²) in [5, 5.41) is 8.56. The van der Waals surface area contributed by atoms with E-state index in [2.05, 4.69) is 0 Å². The molecule has 98 valence electrons. The van der Waals surface area contributed by atoms with Crippen LogP contribution in [0.1, 0.15) is 18.1 Å². The second-order valence-corrected chi connectivity index (χ2v) is 5.39. The molecular weight excluding hydrogens is 269 g/mol. The van der Waals surface area contributed by atoms with Crippen molar-refractivity contribution in [1.82, 2.24) is 0 Å². The van der Waals surface area contributed by atoms with Crippen molar-refractivity contribution in [2.24, 2.45) is 0 Å². The number of nitrogens with zero attached hydrogens (tertiary/aromatic N) is 1. The van der Waals surface area contributed by atoms with Crippen molar-refractivity contribution >= 4 is 15.7 Å². The first-order valence-corrected chi connectivity index (χ1v) is 6.46. The highest BCUT2D eigenvalue weighted by Gasteiger charge is 2.34. The molecule has 18 heavy (non-hydrogen) atoms. The predicted molar refractivity (Wildman–Crippen MR) is 59.2 cm³/mol. The number of alkyl halides is 3. The summed E-state index contributed by atoms with van der Waals surface area (Å²) in [6, 6.07) is 4.05. The van der Waals surface area contributed by atoms with Crippen molar-refractivity contribution in [3.8, 4) is 6.07 Å². The molecule has 1 aromatic carbocycles. The molecule has 1 rings (SSSR count). The van der Waals surface area contributed by atoms with Crippen LogP contribution in [0.5, 0.6) is 0 Å².